The molecule has 1 aliphatic rings. The first-order valence-electron chi connectivity index (χ1n) is 6.19. The zero-order chi connectivity index (χ0) is 13.9. The molecule has 0 amide bonds. The Morgan fingerprint density at radius 2 is 1.89 bits per heavy atom. The predicted octanol–water partition coefficient (Wildman–Crippen LogP) is 2.05. The normalized spacial score (nSPS) is 15.9. The first kappa shape index (κ1) is 13.8. The highest BCUT2D eigenvalue weighted by Crippen LogP contribution is 2.30. The SMILES string of the molecule is CS(=O)(=O)c1ccc(N2CCCCC2)cc1N=C=O. The van der Waals surface area contributed by atoms with E-state index in [-0.39, 0.29) is 10.6 Å². The average molecular weight is 280 g/mol. The van der Waals surface area contributed by atoms with Gasteiger partial charge in [0, 0.05) is 25.0 Å². The Morgan fingerprint density at radius 3 is 2.47 bits per heavy atom. The van der Waals surface area contributed by atoms with Crippen molar-refractivity contribution in [2.24, 2.45) is 4.99 Å². The fraction of sp³-hybridized carbons (Fsp3) is 0.462. The molecule has 19 heavy (non-hydrogen) atoms. The molecule has 0 radical (unpaired) electrons. The Labute approximate surface area is 112 Å². The summed E-state index contributed by atoms with van der Waals surface area (Å²) in [4.78, 5) is 16.2. The monoisotopic (exact) mass is 280 g/mol. The topological polar surface area (TPSA) is 66.8 Å². The van der Waals surface area contributed by atoms with Gasteiger partial charge < -0.3 is 4.90 Å². The van der Waals surface area contributed by atoms with Gasteiger partial charge in [-0.05, 0) is 37.5 Å². The number of nitrogens with zero attached hydrogens (tertiary/aromatic N) is 2. The van der Waals surface area contributed by atoms with E-state index in [4.69, 9.17) is 0 Å². The molecule has 0 bridgehead atoms. The molecule has 2 rings (SSSR count). The average Bonchev–Trinajstić information content (AvgIpc) is 2.39. The van der Waals surface area contributed by atoms with Gasteiger partial charge in [-0.2, -0.15) is 4.99 Å². The van der Waals surface area contributed by atoms with E-state index in [1.54, 1.807) is 12.1 Å². The van der Waals surface area contributed by atoms with E-state index in [2.05, 4.69) is 9.89 Å². The number of aliphatic imine (C=N–C) groups is 1. The molecule has 0 aromatic heterocycles. The lowest BCUT2D eigenvalue weighted by molar-refractivity contribution is 0.565. The highest BCUT2D eigenvalue weighted by atomic mass is 32.2. The van der Waals surface area contributed by atoms with Crippen molar-refractivity contribution in [1.82, 2.24) is 0 Å². The van der Waals surface area contributed by atoms with Crippen molar-refractivity contribution in [2.75, 3.05) is 24.2 Å². The van der Waals surface area contributed by atoms with Crippen LogP contribution in [0.4, 0.5) is 11.4 Å². The molecule has 0 spiro atoms. The standard InChI is InChI=1S/C13H16N2O3S/c1-19(17,18)13-6-5-11(9-12(13)14-10-16)15-7-3-2-4-8-15/h5-6,9H,2-4,7-8H2,1H3. The van der Waals surface area contributed by atoms with Gasteiger partial charge in [-0.15, -0.1) is 0 Å². The molecule has 0 unspecified atom stereocenters. The number of sulfone groups is 1. The van der Waals surface area contributed by atoms with Gasteiger partial charge in [0.1, 0.15) is 0 Å². The predicted molar refractivity (Wildman–Crippen MR) is 73.4 cm³/mol. The Kier molecular flexibility index (Phi) is 4.02. The van der Waals surface area contributed by atoms with Gasteiger partial charge in [0.15, 0.2) is 9.84 Å². The third-order valence-corrected chi connectivity index (χ3v) is 4.37. The van der Waals surface area contributed by atoms with Crippen LogP contribution in [0.2, 0.25) is 0 Å². The van der Waals surface area contributed by atoms with E-state index in [1.807, 2.05) is 0 Å². The summed E-state index contributed by atoms with van der Waals surface area (Å²) in [5.74, 6) is 0. The van der Waals surface area contributed by atoms with E-state index in [0.717, 1.165) is 37.9 Å². The van der Waals surface area contributed by atoms with Gasteiger partial charge >= 0.3 is 0 Å². The molecule has 1 saturated heterocycles. The molecular weight excluding hydrogens is 264 g/mol. The van der Waals surface area contributed by atoms with Gasteiger partial charge in [0.2, 0.25) is 6.08 Å². The maximum absolute atomic E-state index is 11.6. The summed E-state index contributed by atoms with van der Waals surface area (Å²) in [6.07, 6.45) is 5.99. The molecule has 1 aromatic rings. The molecular formula is C13H16N2O3S. The molecule has 102 valence electrons. The zero-order valence-electron chi connectivity index (χ0n) is 10.8. The summed E-state index contributed by atoms with van der Waals surface area (Å²) >= 11 is 0. The number of rotatable bonds is 3. The van der Waals surface area contributed by atoms with Crippen molar-refractivity contribution >= 4 is 27.3 Å². The van der Waals surface area contributed by atoms with Crippen molar-refractivity contribution < 1.29 is 13.2 Å². The first-order valence-corrected chi connectivity index (χ1v) is 8.08. The Hall–Kier alpha value is -1.65. The van der Waals surface area contributed by atoms with Crippen molar-refractivity contribution in [2.45, 2.75) is 24.2 Å². The zero-order valence-corrected chi connectivity index (χ0v) is 11.6. The van der Waals surface area contributed by atoms with Crippen LogP contribution in [0.1, 0.15) is 19.3 Å². The number of anilines is 1. The number of benzene rings is 1. The molecule has 1 aliphatic heterocycles. The van der Waals surface area contributed by atoms with Crippen LogP contribution in [0, 0.1) is 0 Å². The van der Waals surface area contributed by atoms with Crippen LogP contribution in [-0.4, -0.2) is 33.8 Å². The lowest BCUT2D eigenvalue weighted by Gasteiger charge is -2.29. The van der Waals surface area contributed by atoms with E-state index >= 15 is 0 Å². The van der Waals surface area contributed by atoms with Crippen molar-refractivity contribution in [3.63, 3.8) is 0 Å². The maximum atomic E-state index is 11.6. The second-order valence-corrected chi connectivity index (χ2v) is 6.66. The van der Waals surface area contributed by atoms with Crippen LogP contribution in [0.3, 0.4) is 0 Å². The third kappa shape index (κ3) is 3.22. The molecule has 1 fully saturated rings. The number of carbonyl (C=O) groups excluding carboxylic acids is 1. The molecule has 0 atom stereocenters. The van der Waals surface area contributed by atoms with Gasteiger partial charge in [-0.25, -0.2) is 13.2 Å². The highest BCUT2D eigenvalue weighted by Gasteiger charge is 2.17. The van der Waals surface area contributed by atoms with Crippen LogP contribution >= 0.6 is 0 Å². The molecule has 0 saturated carbocycles. The summed E-state index contributed by atoms with van der Waals surface area (Å²) in [6.45, 7) is 1.89. The minimum Gasteiger partial charge on any atom is -0.371 e. The summed E-state index contributed by atoms with van der Waals surface area (Å²) in [6, 6.07) is 4.92. The fourth-order valence-corrected chi connectivity index (χ4v) is 3.10. The summed E-state index contributed by atoms with van der Waals surface area (Å²) in [7, 11) is -3.39. The first-order chi connectivity index (χ1) is 9.02. The minimum atomic E-state index is -3.39. The Morgan fingerprint density at radius 1 is 1.21 bits per heavy atom. The minimum absolute atomic E-state index is 0.0663. The van der Waals surface area contributed by atoms with Gasteiger partial charge in [0.05, 0.1) is 10.6 Å². The number of hydrogen-bond donors (Lipinski definition) is 0. The maximum Gasteiger partial charge on any atom is 0.240 e. The largest absolute Gasteiger partial charge is 0.371 e. The van der Waals surface area contributed by atoms with E-state index in [9.17, 15) is 13.2 Å². The van der Waals surface area contributed by atoms with Crippen molar-refractivity contribution in [3.8, 4) is 0 Å². The molecule has 0 N–H and O–H groups in total. The number of piperidine rings is 1. The van der Waals surface area contributed by atoms with Crippen LogP contribution < -0.4 is 4.90 Å². The molecule has 6 heteroatoms. The number of hydrogen-bond acceptors (Lipinski definition) is 5. The second-order valence-electron chi connectivity index (χ2n) is 4.67. The highest BCUT2D eigenvalue weighted by molar-refractivity contribution is 7.90. The lowest BCUT2D eigenvalue weighted by Crippen LogP contribution is -2.29. The molecule has 5 nitrogen and oxygen atoms in total. The quantitative estimate of drug-likeness (QED) is 0.628. The van der Waals surface area contributed by atoms with Crippen molar-refractivity contribution in [1.29, 1.82) is 0 Å². The second kappa shape index (κ2) is 5.55. The molecule has 0 aliphatic carbocycles. The summed E-state index contributed by atoms with van der Waals surface area (Å²) in [5.41, 5.74) is 1.07. The van der Waals surface area contributed by atoms with E-state index in [0.29, 0.717) is 0 Å². The van der Waals surface area contributed by atoms with E-state index < -0.39 is 9.84 Å². The smallest absolute Gasteiger partial charge is 0.240 e. The van der Waals surface area contributed by atoms with Crippen LogP contribution in [0.15, 0.2) is 28.1 Å². The van der Waals surface area contributed by atoms with Crippen LogP contribution in [0.25, 0.3) is 0 Å². The van der Waals surface area contributed by atoms with Crippen molar-refractivity contribution in [3.05, 3.63) is 18.2 Å². The van der Waals surface area contributed by atoms with Gasteiger partial charge in [-0.1, -0.05) is 0 Å². The van der Waals surface area contributed by atoms with Crippen LogP contribution in [0.5, 0.6) is 0 Å². The Balaban J connectivity index is 2.44. The van der Waals surface area contributed by atoms with Crippen LogP contribution in [-0.2, 0) is 14.6 Å². The fourth-order valence-electron chi connectivity index (χ4n) is 2.30. The molecule has 1 heterocycles. The summed E-state index contributed by atoms with van der Waals surface area (Å²) < 4.78 is 23.2. The van der Waals surface area contributed by atoms with E-state index in [1.165, 1.54) is 18.6 Å². The Bertz CT molecular complexity index is 613. The van der Waals surface area contributed by atoms with Gasteiger partial charge in [0.25, 0.3) is 0 Å². The summed E-state index contributed by atoms with van der Waals surface area (Å²) in [5, 5.41) is 0. The molecule has 1 aromatic carbocycles. The van der Waals surface area contributed by atoms with Gasteiger partial charge in [-0.3, -0.25) is 0 Å². The number of isocyanates is 1. The lowest BCUT2D eigenvalue weighted by atomic mass is 10.1. The third-order valence-electron chi connectivity index (χ3n) is 3.23.